The van der Waals surface area contributed by atoms with Crippen LogP contribution in [0.15, 0.2) is 48.5 Å². The molecular formula is C23H28N2O2S. The van der Waals surface area contributed by atoms with E-state index in [0.29, 0.717) is 5.92 Å². The van der Waals surface area contributed by atoms with E-state index in [1.165, 1.54) is 10.4 Å². The highest BCUT2D eigenvalue weighted by Gasteiger charge is 2.24. The second kappa shape index (κ2) is 9.50. The first-order valence-corrected chi connectivity index (χ1v) is 11.0. The van der Waals surface area contributed by atoms with E-state index in [-0.39, 0.29) is 5.91 Å². The number of hydrogen-bond acceptors (Lipinski definition) is 4. The minimum atomic E-state index is 0.138. The number of ether oxygens (including phenoxy) is 1. The van der Waals surface area contributed by atoms with Crippen LogP contribution in [0.25, 0.3) is 16.5 Å². The van der Waals surface area contributed by atoms with Crippen LogP contribution in [-0.4, -0.2) is 61.6 Å². The minimum Gasteiger partial charge on any atom is -0.379 e. The second-order valence-corrected chi connectivity index (χ2v) is 8.70. The van der Waals surface area contributed by atoms with Crippen LogP contribution < -0.4 is 0 Å². The van der Waals surface area contributed by atoms with Crippen molar-refractivity contribution in [2.75, 3.05) is 45.9 Å². The number of nitrogens with zero attached hydrogens (tertiary/aromatic N) is 2. The van der Waals surface area contributed by atoms with Crippen LogP contribution >= 0.6 is 11.3 Å². The molecule has 0 bridgehead atoms. The van der Waals surface area contributed by atoms with Gasteiger partial charge in [-0.1, -0.05) is 30.3 Å². The molecule has 5 heteroatoms. The normalized spacial score (nSPS) is 19.4. The maximum absolute atomic E-state index is 12.6. The Balaban J connectivity index is 1.26. The predicted molar refractivity (Wildman–Crippen MR) is 115 cm³/mol. The molecule has 0 N–H and O–H groups in total. The highest BCUT2D eigenvalue weighted by Crippen LogP contribution is 2.28. The summed E-state index contributed by atoms with van der Waals surface area (Å²) in [5, 5.41) is 0. The van der Waals surface area contributed by atoms with Gasteiger partial charge in [-0.3, -0.25) is 9.69 Å². The molecule has 0 radical (unpaired) electrons. The van der Waals surface area contributed by atoms with Gasteiger partial charge in [-0.2, -0.15) is 0 Å². The third-order valence-electron chi connectivity index (χ3n) is 5.62. The molecule has 0 saturated carbocycles. The average Bonchev–Trinajstić information content (AvgIpc) is 3.23. The molecule has 1 aromatic carbocycles. The molecule has 2 saturated heterocycles. The topological polar surface area (TPSA) is 32.8 Å². The third kappa shape index (κ3) is 5.10. The van der Waals surface area contributed by atoms with Crippen molar-refractivity contribution in [1.82, 2.24) is 9.80 Å². The van der Waals surface area contributed by atoms with E-state index >= 15 is 0 Å². The number of morpholine rings is 1. The van der Waals surface area contributed by atoms with Crippen molar-refractivity contribution in [2.24, 2.45) is 5.92 Å². The average molecular weight is 397 g/mol. The molecule has 0 atom stereocenters. The number of benzene rings is 1. The van der Waals surface area contributed by atoms with Gasteiger partial charge in [0.25, 0.3) is 0 Å². The fraction of sp³-hybridized carbons (Fsp3) is 0.435. The highest BCUT2D eigenvalue weighted by atomic mass is 32.1. The Morgan fingerprint density at radius 3 is 2.54 bits per heavy atom. The molecule has 4 nitrogen and oxygen atoms in total. The molecule has 1 aromatic heterocycles. The van der Waals surface area contributed by atoms with Crippen LogP contribution in [0.2, 0.25) is 0 Å². The lowest BCUT2D eigenvalue weighted by atomic mass is 9.96. The molecule has 2 aliphatic rings. The van der Waals surface area contributed by atoms with Crippen LogP contribution in [0.3, 0.4) is 0 Å². The van der Waals surface area contributed by atoms with E-state index in [9.17, 15) is 4.79 Å². The Morgan fingerprint density at radius 1 is 1.04 bits per heavy atom. The largest absolute Gasteiger partial charge is 0.379 e. The van der Waals surface area contributed by atoms with Crippen molar-refractivity contribution in [3.63, 3.8) is 0 Å². The van der Waals surface area contributed by atoms with Gasteiger partial charge in [-0.25, -0.2) is 0 Å². The summed E-state index contributed by atoms with van der Waals surface area (Å²) in [5.41, 5.74) is 1.22. The summed E-state index contributed by atoms with van der Waals surface area (Å²) >= 11 is 1.72. The Kier molecular flexibility index (Phi) is 6.57. The van der Waals surface area contributed by atoms with E-state index < -0.39 is 0 Å². The summed E-state index contributed by atoms with van der Waals surface area (Å²) in [6.45, 7) is 6.71. The SMILES string of the molecule is O=C(/C=C/c1ccc(-c2ccccc2)s1)N1CCC(CN2CCOCC2)CC1. The Labute approximate surface area is 171 Å². The molecule has 2 aliphatic heterocycles. The maximum Gasteiger partial charge on any atom is 0.246 e. The van der Waals surface area contributed by atoms with Crippen LogP contribution in [-0.2, 0) is 9.53 Å². The molecule has 3 heterocycles. The molecule has 2 fully saturated rings. The quantitative estimate of drug-likeness (QED) is 0.716. The van der Waals surface area contributed by atoms with Crippen LogP contribution in [0.5, 0.6) is 0 Å². The molecule has 1 amide bonds. The molecular weight excluding hydrogens is 368 g/mol. The van der Waals surface area contributed by atoms with Gasteiger partial charge in [-0.15, -0.1) is 11.3 Å². The molecule has 0 unspecified atom stereocenters. The second-order valence-electron chi connectivity index (χ2n) is 7.58. The first-order chi connectivity index (χ1) is 13.8. The monoisotopic (exact) mass is 396 g/mol. The number of piperidine rings is 1. The van der Waals surface area contributed by atoms with E-state index in [1.807, 2.05) is 17.0 Å². The molecule has 0 aliphatic carbocycles. The summed E-state index contributed by atoms with van der Waals surface area (Å²) < 4.78 is 5.43. The van der Waals surface area contributed by atoms with E-state index in [2.05, 4.69) is 41.3 Å². The third-order valence-corrected chi connectivity index (χ3v) is 6.72. The van der Waals surface area contributed by atoms with E-state index in [0.717, 1.165) is 63.7 Å². The van der Waals surface area contributed by atoms with Crippen LogP contribution in [0.4, 0.5) is 0 Å². The minimum absolute atomic E-state index is 0.138. The number of amides is 1. The van der Waals surface area contributed by atoms with Gasteiger partial charge < -0.3 is 9.64 Å². The maximum atomic E-state index is 12.6. The zero-order valence-corrected chi connectivity index (χ0v) is 17.1. The van der Waals surface area contributed by atoms with Crippen LogP contribution in [0.1, 0.15) is 17.7 Å². The van der Waals surface area contributed by atoms with Gasteiger partial charge in [0.05, 0.1) is 13.2 Å². The summed E-state index contributed by atoms with van der Waals surface area (Å²) in [6, 6.07) is 14.6. The van der Waals surface area contributed by atoms with Crippen molar-refractivity contribution in [1.29, 1.82) is 0 Å². The van der Waals surface area contributed by atoms with Crippen molar-refractivity contribution >= 4 is 23.3 Å². The van der Waals surface area contributed by atoms with Gasteiger partial charge in [-0.05, 0) is 42.5 Å². The van der Waals surface area contributed by atoms with Crippen molar-refractivity contribution in [3.8, 4) is 10.4 Å². The number of hydrogen-bond donors (Lipinski definition) is 0. The number of rotatable bonds is 5. The number of likely N-dealkylation sites (tertiary alicyclic amines) is 1. The smallest absolute Gasteiger partial charge is 0.246 e. The van der Waals surface area contributed by atoms with Crippen molar-refractivity contribution in [3.05, 3.63) is 53.4 Å². The first-order valence-electron chi connectivity index (χ1n) is 10.2. The zero-order chi connectivity index (χ0) is 19.2. The van der Waals surface area contributed by atoms with Gasteiger partial charge in [0.1, 0.15) is 0 Å². The molecule has 148 valence electrons. The molecule has 0 spiro atoms. The Morgan fingerprint density at radius 2 is 1.79 bits per heavy atom. The molecule has 2 aromatic rings. The van der Waals surface area contributed by atoms with Crippen molar-refractivity contribution in [2.45, 2.75) is 12.8 Å². The molecule has 28 heavy (non-hydrogen) atoms. The lowest BCUT2D eigenvalue weighted by Gasteiger charge is -2.35. The summed E-state index contributed by atoms with van der Waals surface area (Å²) in [5.74, 6) is 0.844. The first kappa shape index (κ1) is 19.4. The number of carbonyl (C=O) groups is 1. The number of thiophene rings is 1. The van der Waals surface area contributed by atoms with Gasteiger partial charge in [0.2, 0.25) is 5.91 Å². The van der Waals surface area contributed by atoms with Crippen LogP contribution in [0, 0.1) is 5.92 Å². The summed E-state index contributed by atoms with van der Waals surface area (Å²) in [7, 11) is 0. The summed E-state index contributed by atoms with van der Waals surface area (Å²) in [6.07, 6.45) is 5.91. The fourth-order valence-electron chi connectivity index (χ4n) is 3.94. The van der Waals surface area contributed by atoms with Gasteiger partial charge in [0, 0.05) is 48.6 Å². The fourth-order valence-corrected chi connectivity index (χ4v) is 4.86. The predicted octanol–water partition coefficient (Wildman–Crippen LogP) is 4.00. The zero-order valence-electron chi connectivity index (χ0n) is 16.3. The Bertz CT molecular complexity index is 788. The highest BCUT2D eigenvalue weighted by molar-refractivity contribution is 7.16. The molecule has 4 rings (SSSR count). The van der Waals surface area contributed by atoms with E-state index in [4.69, 9.17) is 4.74 Å². The standard InChI is InChI=1S/C23H28N2O2S/c26-23(9-7-21-6-8-22(28-21)20-4-2-1-3-5-20)25-12-10-19(11-13-25)18-24-14-16-27-17-15-24/h1-9,19H,10-18H2/b9-7+. The lowest BCUT2D eigenvalue weighted by molar-refractivity contribution is -0.127. The van der Waals surface area contributed by atoms with Gasteiger partial charge >= 0.3 is 0 Å². The summed E-state index contributed by atoms with van der Waals surface area (Å²) in [4.78, 5) is 19.4. The van der Waals surface area contributed by atoms with Gasteiger partial charge in [0.15, 0.2) is 0 Å². The van der Waals surface area contributed by atoms with Crippen molar-refractivity contribution < 1.29 is 9.53 Å². The van der Waals surface area contributed by atoms with E-state index in [1.54, 1.807) is 17.4 Å². The number of carbonyl (C=O) groups excluding carboxylic acids is 1. The lowest BCUT2D eigenvalue weighted by Crippen LogP contribution is -2.43. The Hall–Kier alpha value is -1.95.